The molecular weight excluding hydrogens is 293 g/mol. The Morgan fingerprint density at radius 1 is 1.38 bits per heavy atom. The number of hydrogen-bond acceptors (Lipinski definition) is 4. The number of anilines is 1. The van der Waals surface area contributed by atoms with Crippen molar-refractivity contribution in [1.29, 1.82) is 0 Å². The van der Waals surface area contributed by atoms with E-state index in [0.29, 0.717) is 25.2 Å². The van der Waals surface area contributed by atoms with Crippen LogP contribution in [0.2, 0.25) is 0 Å². The van der Waals surface area contributed by atoms with Gasteiger partial charge in [-0.25, -0.2) is 12.8 Å². The molecular formula is C14H22FN3O2S. The average molecular weight is 315 g/mol. The number of sulfonamides is 1. The summed E-state index contributed by atoms with van der Waals surface area (Å²) in [6.07, 6.45) is 0. The summed E-state index contributed by atoms with van der Waals surface area (Å²) in [6, 6.07) is 2.56. The number of nitrogens with zero attached hydrogens (tertiary/aromatic N) is 2. The Morgan fingerprint density at radius 3 is 2.62 bits per heavy atom. The predicted molar refractivity (Wildman–Crippen MR) is 81.0 cm³/mol. The number of nitrogen functional groups attached to an aromatic ring is 1. The number of likely N-dealkylation sites (N-methyl/N-ethyl adjacent to an activating group) is 1. The van der Waals surface area contributed by atoms with Gasteiger partial charge >= 0.3 is 0 Å². The molecule has 5 nitrogen and oxygen atoms in total. The molecule has 1 aliphatic rings. The van der Waals surface area contributed by atoms with Crippen LogP contribution in [0.5, 0.6) is 0 Å². The van der Waals surface area contributed by atoms with Crippen molar-refractivity contribution >= 4 is 15.7 Å². The fourth-order valence-corrected chi connectivity index (χ4v) is 4.49. The number of benzene rings is 1. The van der Waals surface area contributed by atoms with Gasteiger partial charge in [-0.05, 0) is 38.1 Å². The number of aryl methyl sites for hydroxylation is 1. The first kappa shape index (κ1) is 16.2. The van der Waals surface area contributed by atoms with E-state index in [9.17, 15) is 12.8 Å². The Labute approximate surface area is 125 Å². The highest BCUT2D eigenvalue weighted by Gasteiger charge is 2.32. The first-order chi connectivity index (χ1) is 9.77. The van der Waals surface area contributed by atoms with Gasteiger partial charge in [0.25, 0.3) is 0 Å². The minimum absolute atomic E-state index is 0.0959. The van der Waals surface area contributed by atoms with E-state index in [0.717, 1.165) is 6.54 Å². The van der Waals surface area contributed by atoms with Crippen LogP contribution in [-0.4, -0.2) is 49.8 Å². The van der Waals surface area contributed by atoms with Gasteiger partial charge in [0.1, 0.15) is 5.82 Å². The SMILES string of the molecule is CCN1CCN(S(=O)(=O)c2cc(N)c(F)cc2C)CC1C. The van der Waals surface area contributed by atoms with Crippen molar-refractivity contribution in [3.63, 3.8) is 0 Å². The molecule has 1 aromatic rings. The molecule has 2 N–H and O–H groups in total. The van der Waals surface area contributed by atoms with E-state index < -0.39 is 15.8 Å². The topological polar surface area (TPSA) is 66.6 Å². The van der Waals surface area contributed by atoms with Crippen LogP contribution < -0.4 is 5.73 Å². The van der Waals surface area contributed by atoms with Crippen LogP contribution in [0.3, 0.4) is 0 Å². The van der Waals surface area contributed by atoms with Crippen molar-refractivity contribution < 1.29 is 12.8 Å². The molecule has 0 amide bonds. The van der Waals surface area contributed by atoms with Gasteiger partial charge in [-0.15, -0.1) is 0 Å². The third-order valence-electron chi connectivity index (χ3n) is 4.05. The Morgan fingerprint density at radius 2 is 2.05 bits per heavy atom. The Bertz CT molecular complexity index is 633. The molecule has 1 aliphatic heterocycles. The van der Waals surface area contributed by atoms with Crippen LogP contribution in [0, 0.1) is 12.7 Å². The second-order valence-corrected chi connectivity index (χ2v) is 7.39. The molecule has 0 aliphatic carbocycles. The van der Waals surface area contributed by atoms with Crippen LogP contribution in [0.15, 0.2) is 17.0 Å². The van der Waals surface area contributed by atoms with E-state index in [4.69, 9.17) is 5.73 Å². The Hall–Kier alpha value is -1.18. The molecule has 1 aromatic carbocycles. The van der Waals surface area contributed by atoms with Crippen molar-refractivity contribution in [1.82, 2.24) is 9.21 Å². The van der Waals surface area contributed by atoms with Crippen molar-refractivity contribution in [2.45, 2.75) is 31.7 Å². The van der Waals surface area contributed by atoms with Crippen LogP contribution >= 0.6 is 0 Å². The zero-order chi connectivity index (χ0) is 15.8. The first-order valence-corrected chi connectivity index (χ1v) is 8.51. The van der Waals surface area contributed by atoms with Gasteiger partial charge in [-0.1, -0.05) is 6.92 Å². The van der Waals surface area contributed by atoms with Crippen molar-refractivity contribution in [3.05, 3.63) is 23.5 Å². The third kappa shape index (κ3) is 3.04. The van der Waals surface area contributed by atoms with Gasteiger partial charge in [0.15, 0.2) is 0 Å². The maximum Gasteiger partial charge on any atom is 0.243 e. The number of piperazine rings is 1. The summed E-state index contributed by atoms with van der Waals surface area (Å²) >= 11 is 0. The lowest BCUT2D eigenvalue weighted by atomic mass is 10.2. The monoisotopic (exact) mass is 315 g/mol. The van der Waals surface area contributed by atoms with Crippen LogP contribution in [-0.2, 0) is 10.0 Å². The van der Waals surface area contributed by atoms with Gasteiger partial charge < -0.3 is 5.73 Å². The Balaban J connectivity index is 2.33. The molecule has 7 heteroatoms. The molecule has 21 heavy (non-hydrogen) atoms. The summed E-state index contributed by atoms with van der Waals surface area (Å²) in [7, 11) is -3.64. The molecule has 1 unspecified atom stereocenters. The quantitative estimate of drug-likeness (QED) is 0.857. The molecule has 0 saturated carbocycles. The van der Waals surface area contributed by atoms with Gasteiger partial charge in [-0.3, -0.25) is 4.90 Å². The van der Waals surface area contributed by atoms with Gasteiger partial charge in [0, 0.05) is 25.7 Å². The molecule has 1 heterocycles. The van der Waals surface area contributed by atoms with Crippen LogP contribution in [0.4, 0.5) is 10.1 Å². The maximum absolute atomic E-state index is 13.4. The molecule has 0 spiro atoms. The molecule has 1 fully saturated rings. The van der Waals surface area contributed by atoms with Crippen molar-refractivity contribution in [2.75, 3.05) is 31.9 Å². The Kier molecular flexibility index (Phi) is 4.55. The summed E-state index contributed by atoms with van der Waals surface area (Å²) in [6.45, 7) is 8.14. The van der Waals surface area contributed by atoms with E-state index in [1.54, 1.807) is 6.92 Å². The average Bonchev–Trinajstić information content (AvgIpc) is 2.42. The minimum atomic E-state index is -3.64. The highest BCUT2D eigenvalue weighted by atomic mass is 32.2. The number of halogens is 1. The minimum Gasteiger partial charge on any atom is -0.396 e. The molecule has 0 bridgehead atoms. The lowest BCUT2D eigenvalue weighted by Crippen LogP contribution is -2.53. The number of hydrogen-bond donors (Lipinski definition) is 1. The number of nitrogens with two attached hydrogens (primary N) is 1. The molecule has 1 saturated heterocycles. The van der Waals surface area contributed by atoms with Gasteiger partial charge in [0.05, 0.1) is 10.6 Å². The second kappa shape index (κ2) is 5.90. The van der Waals surface area contributed by atoms with Crippen molar-refractivity contribution in [2.24, 2.45) is 0 Å². The largest absolute Gasteiger partial charge is 0.396 e. The summed E-state index contributed by atoms with van der Waals surface area (Å²) in [5.41, 5.74) is 5.76. The number of rotatable bonds is 3. The van der Waals surface area contributed by atoms with Crippen LogP contribution in [0.25, 0.3) is 0 Å². The van der Waals surface area contributed by atoms with Crippen LogP contribution in [0.1, 0.15) is 19.4 Å². The normalized spacial score (nSPS) is 21.6. The van der Waals surface area contributed by atoms with E-state index in [-0.39, 0.29) is 16.6 Å². The highest BCUT2D eigenvalue weighted by molar-refractivity contribution is 7.89. The molecule has 2 rings (SSSR count). The lowest BCUT2D eigenvalue weighted by Gasteiger charge is -2.38. The third-order valence-corrected chi connectivity index (χ3v) is 6.05. The maximum atomic E-state index is 13.4. The molecule has 0 radical (unpaired) electrons. The summed E-state index contributed by atoms with van der Waals surface area (Å²) in [5.74, 6) is -0.587. The van der Waals surface area contributed by atoms with E-state index in [2.05, 4.69) is 11.8 Å². The zero-order valence-corrected chi connectivity index (χ0v) is 13.5. The lowest BCUT2D eigenvalue weighted by molar-refractivity contribution is 0.135. The summed E-state index contributed by atoms with van der Waals surface area (Å²) in [4.78, 5) is 2.33. The standard InChI is InChI=1S/C14H22FN3O2S/c1-4-17-5-6-18(9-11(17)3)21(19,20)14-8-13(16)12(15)7-10(14)2/h7-8,11H,4-6,9,16H2,1-3H3. The molecule has 0 aromatic heterocycles. The summed E-state index contributed by atoms with van der Waals surface area (Å²) in [5, 5.41) is 0. The second-order valence-electron chi connectivity index (χ2n) is 5.48. The first-order valence-electron chi connectivity index (χ1n) is 7.07. The van der Waals surface area contributed by atoms with E-state index in [1.165, 1.54) is 16.4 Å². The van der Waals surface area contributed by atoms with E-state index in [1.807, 2.05) is 6.92 Å². The summed E-state index contributed by atoms with van der Waals surface area (Å²) < 4.78 is 40.4. The van der Waals surface area contributed by atoms with Gasteiger partial charge in [-0.2, -0.15) is 4.31 Å². The molecule has 1 atom stereocenters. The molecule has 118 valence electrons. The zero-order valence-electron chi connectivity index (χ0n) is 12.6. The highest BCUT2D eigenvalue weighted by Crippen LogP contribution is 2.26. The fraction of sp³-hybridized carbons (Fsp3) is 0.571. The smallest absolute Gasteiger partial charge is 0.243 e. The van der Waals surface area contributed by atoms with E-state index >= 15 is 0 Å². The van der Waals surface area contributed by atoms with Crippen molar-refractivity contribution in [3.8, 4) is 0 Å². The predicted octanol–water partition coefficient (Wildman–Crippen LogP) is 1.43. The van der Waals surface area contributed by atoms with Gasteiger partial charge in [0.2, 0.25) is 10.0 Å². The fourth-order valence-electron chi connectivity index (χ4n) is 2.74.